The van der Waals surface area contributed by atoms with E-state index in [-0.39, 0.29) is 0 Å². The Balaban J connectivity index is 1.70. The molecule has 0 N–H and O–H groups in total. The van der Waals surface area contributed by atoms with E-state index in [1.165, 1.54) is 0 Å². The summed E-state index contributed by atoms with van der Waals surface area (Å²) in [5.74, 6) is 1.02. The van der Waals surface area contributed by atoms with Crippen molar-refractivity contribution in [3.63, 3.8) is 0 Å². The average Bonchev–Trinajstić information content (AvgIpc) is 2.93. The minimum Gasteiger partial charge on any atom is -0.352 e. The van der Waals surface area contributed by atoms with Gasteiger partial charge in [0.05, 0.1) is 4.47 Å². The fourth-order valence-corrected chi connectivity index (χ4v) is 4.06. The molecule has 0 unspecified atom stereocenters. The molecule has 1 fully saturated rings. The highest BCUT2D eigenvalue weighted by molar-refractivity contribution is 9.11. The lowest BCUT2D eigenvalue weighted by atomic mass is 10.3. The van der Waals surface area contributed by atoms with Gasteiger partial charge in [-0.05, 0) is 37.9 Å². The predicted octanol–water partition coefficient (Wildman–Crippen LogP) is 3.39. The number of hydrogen-bond acceptors (Lipinski definition) is 5. The maximum atomic E-state index is 4.49. The van der Waals surface area contributed by atoms with Gasteiger partial charge in [-0.1, -0.05) is 0 Å². The molecule has 1 saturated heterocycles. The van der Waals surface area contributed by atoms with Gasteiger partial charge >= 0.3 is 0 Å². The molecule has 7 heteroatoms. The molecule has 0 aliphatic carbocycles. The lowest BCUT2D eigenvalue weighted by Gasteiger charge is -2.35. The number of halogens is 2. The molecule has 0 aromatic carbocycles. The molecule has 4 nitrogen and oxygen atoms in total. The zero-order chi connectivity index (χ0) is 13.2. The van der Waals surface area contributed by atoms with E-state index in [4.69, 9.17) is 0 Å². The second-order valence-corrected chi connectivity index (χ2v) is 6.89. The normalized spacial score (nSPS) is 15.9. The molecule has 1 aliphatic rings. The minimum absolute atomic E-state index is 0.965. The molecule has 3 heterocycles. The number of pyridine rings is 1. The lowest BCUT2D eigenvalue weighted by molar-refractivity contribution is 0.645. The van der Waals surface area contributed by atoms with Crippen LogP contribution in [0.3, 0.4) is 0 Å². The topological polar surface area (TPSA) is 32.3 Å². The molecule has 0 saturated carbocycles. The number of nitrogens with zero attached hydrogens (tertiary/aromatic N) is 4. The quantitative estimate of drug-likeness (QED) is 0.769. The van der Waals surface area contributed by atoms with Gasteiger partial charge in [0, 0.05) is 48.4 Å². The van der Waals surface area contributed by atoms with E-state index in [0.29, 0.717) is 0 Å². The van der Waals surface area contributed by atoms with Gasteiger partial charge in [-0.25, -0.2) is 9.97 Å². The largest absolute Gasteiger partial charge is 0.352 e. The summed E-state index contributed by atoms with van der Waals surface area (Å²) in [6.45, 7) is 3.90. The van der Waals surface area contributed by atoms with Gasteiger partial charge in [0.15, 0.2) is 5.13 Å². The second kappa shape index (κ2) is 5.76. The third-order valence-corrected chi connectivity index (χ3v) is 4.91. The standard InChI is InChI=1S/C12H12Br2N4S/c13-9-7-10(14)11(16-8-9)17-2-4-18(5-3-17)12-15-1-6-19-12/h1,6-8H,2-5H2. The van der Waals surface area contributed by atoms with E-state index in [9.17, 15) is 0 Å². The van der Waals surface area contributed by atoms with Gasteiger partial charge in [0.2, 0.25) is 0 Å². The Labute approximate surface area is 132 Å². The van der Waals surface area contributed by atoms with Crippen molar-refractivity contribution in [2.75, 3.05) is 36.0 Å². The van der Waals surface area contributed by atoms with E-state index >= 15 is 0 Å². The van der Waals surface area contributed by atoms with Gasteiger partial charge in [-0.3, -0.25) is 0 Å². The highest BCUT2D eigenvalue weighted by Crippen LogP contribution is 2.28. The van der Waals surface area contributed by atoms with Crippen LogP contribution in [0.1, 0.15) is 0 Å². The molecular weight excluding hydrogens is 392 g/mol. The van der Waals surface area contributed by atoms with Crippen molar-refractivity contribution < 1.29 is 0 Å². The van der Waals surface area contributed by atoms with E-state index in [0.717, 1.165) is 46.1 Å². The molecule has 0 radical (unpaired) electrons. The summed E-state index contributed by atoms with van der Waals surface area (Å²) in [5.41, 5.74) is 0. The molecule has 19 heavy (non-hydrogen) atoms. The van der Waals surface area contributed by atoms with Crippen molar-refractivity contribution in [2.24, 2.45) is 0 Å². The summed E-state index contributed by atoms with van der Waals surface area (Å²) in [6, 6.07) is 2.04. The number of hydrogen-bond donors (Lipinski definition) is 0. The van der Waals surface area contributed by atoms with Gasteiger partial charge < -0.3 is 9.80 Å². The summed E-state index contributed by atoms with van der Waals surface area (Å²) in [5, 5.41) is 3.14. The van der Waals surface area contributed by atoms with Gasteiger partial charge in [-0.2, -0.15) is 0 Å². The first-order chi connectivity index (χ1) is 9.24. The first-order valence-corrected chi connectivity index (χ1v) is 8.41. The average molecular weight is 404 g/mol. The van der Waals surface area contributed by atoms with Gasteiger partial charge in [0.25, 0.3) is 0 Å². The molecule has 1 aliphatic heterocycles. The van der Waals surface area contributed by atoms with Crippen LogP contribution in [0.5, 0.6) is 0 Å². The van der Waals surface area contributed by atoms with Gasteiger partial charge in [0.1, 0.15) is 5.82 Å². The zero-order valence-electron chi connectivity index (χ0n) is 10.1. The molecule has 0 amide bonds. The van der Waals surface area contributed by atoms with E-state index in [1.54, 1.807) is 11.3 Å². The fraction of sp³-hybridized carbons (Fsp3) is 0.333. The molecule has 100 valence electrons. The molecule has 3 rings (SSSR count). The lowest BCUT2D eigenvalue weighted by Crippen LogP contribution is -2.46. The third-order valence-electron chi connectivity index (χ3n) is 3.06. The van der Waals surface area contributed by atoms with E-state index in [2.05, 4.69) is 51.6 Å². The Morgan fingerprint density at radius 3 is 2.42 bits per heavy atom. The van der Waals surface area contributed by atoms with Crippen molar-refractivity contribution in [1.82, 2.24) is 9.97 Å². The molecule has 2 aromatic rings. The minimum atomic E-state index is 0.965. The first kappa shape index (κ1) is 13.3. The maximum absolute atomic E-state index is 4.49. The first-order valence-electron chi connectivity index (χ1n) is 5.94. The Morgan fingerprint density at radius 1 is 1.05 bits per heavy atom. The molecular formula is C12H12Br2N4S. The van der Waals surface area contributed by atoms with Crippen LogP contribution in [0, 0.1) is 0 Å². The number of anilines is 2. The van der Waals surface area contributed by atoms with Crippen LogP contribution in [0.2, 0.25) is 0 Å². The summed E-state index contributed by atoms with van der Waals surface area (Å²) >= 11 is 8.71. The number of thiazole rings is 1. The molecule has 0 spiro atoms. The second-order valence-electron chi connectivity index (χ2n) is 4.25. The number of rotatable bonds is 2. The Bertz CT molecular complexity index is 553. The molecule has 2 aromatic heterocycles. The Morgan fingerprint density at radius 2 is 1.79 bits per heavy atom. The highest BCUT2D eigenvalue weighted by atomic mass is 79.9. The fourth-order valence-electron chi connectivity index (χ4n) is 2.12. The van der Waals surface area contributed by atoms with Crippen LogP contribution in [0.4, 0.5) is 10.9 Å². The highest BCUT2D eigenvalue weighted by Gasteiger charge is 2.21. The summed E-state index contributed by atoms with van der Waals surface area (Å²) in [7, 11) is 0. The van der Waals surface area contributed by atoms with Crippen molar-refractivity contribution >= 4 is 54.1 Å². The summed E-state index contributed by atoms with van der Waals surface area (Å²) < 4.78 is 2.02. The zero-order valence-corrected chi connectivity index (χ0v) is 14.1. The van der Waals surface area contributed by atoms with Crippen molar-refractivity contribution in [3.05, 3.63) is 32.8 Å². The molecule has 0 atom stereocenters. The maximum Gasteiger partial charge on any atom is 0.185 e. The van der Waals surface area contributed by atoms with E-state index < -0.39 is 0 Å². The smallest absolute Gasteiger partial charge is 0.185 e. The Kier molecular flexibility index (Phi) is 4.04. The van der Waals surface area contributed by atoms with Crippen LogP contribution in [0.25, 0.3) is 0 Å². The summed E-state index contributed by atoms with van der Waals surface area (Å²) in [6.07, 6.45) is 3.70. The SMILES string of the molecule is Brc1cnc(N2CCN(c3nccs3)CC2)c(Br)c1. The Hall–Kier alpha value is -0.660. The van der Waals surface area contributed by atoms with Crippen molar-refractivity contribution in [1.29, 1.82) is 0 Å². The third kappa shape index (κ3) is 2.93. The predicted molar refractivity (Wildman–Crippen MR) is 86.2 cm³/mol. The molecule has 0 bridgehead atoms. The number of piperazine rings is 1. The van der Waals surface area contributed by atoms with Crippen LogP contribution in [-0.4, -0.2) is 36.1 Å². The van der Waals surface area contributed by atoms with Crippen LogP contribution in [-0.2, 0) is 0 Å². The van der Waals surface area contributed by atoms with Gasteiger partial charge in [-0.15, -0.1) is 11.3 Å². The van der Waals surface area contributed by atoms with Crippen LogP contribution < -0.4 is 9.80 Å². The van der Waals surface area contributed by atoms with Crippen molar-refractivity contribution in [3.8, 4) is 0 Å². The monoisotopic (exact) mass is 402 g/mol. The van der Waals surface area contributed by atoms with E-state index in [1.807, 2.05) is 23.8 Å². The number of aromatic nitrogens is 2. The summed E-state index contributed by atoms with van der Waals surface area (Å²) in [4.78, 5) is 13.5. The van der Waals surface area contributed by atoms with Crippen LogP contribution in [0.15, 0.2) is 32.8 Å². The van der Waals surface area contributed by atoms with Crippen LogP contribution >= 0.6 is 43.2 Å². The van der Waals surface area contributed by atoms with Crippen molar-refractivity contribution in [2.45, 2.75) is 0 Å².